The number of hydrogen-bond acceptors (Lipinski definition) is 5. The van der Waals surface area contributed by atoms with Gasteiger partial charge in [-0.05, 0) is 70.9 Å². The Hall–Kier alpha value is -2.16. The van der Waals surface area contributed by atoms with Crippen LogP contribution in [0.3, 0.4) is 0 Å². The van der Waals surface area contributed by atoms with E-state index in [1.54, 1.807) is 4.90 Å². The first-order valence-electron chi connectivity index (χ1n) is 12.6. The Bertz CT molecular complexity index is 718. The minimum atomic E-state index is -1.87. The molecule has 2 heterocycles. The summed E-state index contributed by atoms with van der Waals surface area (Å²) in [5, 5.41) is 18.2. The molecule has 3 amide bonds. The molecule has 33 heavy (non-hydrogen) atoms. The van der Waals surface area contributed by atoms with Crippen LogP contribution in [0, 0.1) is 17.8 Å². The lowest BCUT2D eigenvalue weighted by Crippen LogP contribution is -2.65. The fraction of sp³-hybridized carbons (Fsp3) is 0.833. The maximum atomic E-state index is 13.0. The molecule has 2 saturated heterocycles. The summed E-state index contributed by atoms with van der Waals surface area (Å²) >= 11 is 0. The van der Waals surface area contributed by atoms with Crippen molar-refractivity contribution in [1.29, 1.82) is 0 Å². The van der Waals surface area contributed by atoms with Gasteiger partial charge < -0.3 is 26.0 Å². The monoisotopic (exact) mass is 464 g/mol. The molecule has 0 aromatic heterocycles. The number of nitrogens with zero attached hydrogens (tertiary/aromatic N) is 1. The highest BCUT2D eigenvalue weighted by Crippen LogP contribution is 2.25. The Labute approximate surface area is 196 Å². The van der Waals surface area contributed by atoms with Gasteiger partial charge in [-0.3, -0.25) is 14.4 Å². The number of nitrogens with one attached hydrogen (secondary N) is 3. The summed E-state index contributed by atoms with van der Waals surface area (Å²) in [6.45, 7) is 4.25. The Morgan fingerprint density at radius 3 is 2.15 bits per heavy atom. The molecule has 2 atom stereocenters. The SMILES string of the molecule is C[C@](NC(=O)C1CCCCC1)(NC(=O)[C@@H]1CCCN(C(=O)CCC2CCNCC2)C1)C(=O)O. The van der Waals surface area contributed by atoms with Crippen LogP contribution in [0.2, 0.25) is 0 Å². The molecule has 186 valence electrons. The van der Waals surface area contributed by atoms with Crippen molar-refractivity contribution >= 4 is 23.7 Å². The van der Waals surface area contributed by atoms with E-state index in [9.17, 15) is 24.3 Å². The Balaban J connectivity index is 1.52. The van der Waals surface area contributed by atoms with E-state index in [-0.39, 0.29) is 17.7 Å². The molecule has 9 heteroatoms. The maximum absolute atomic E-state index is 13.0. The molecule has 0 spiro atoms. The topological polar surface area (TPSA) is 128 Å². The largest absolute Gasteiger partial charge is 0.478 e. The van der Waals surface area contributed by atoms with Crippen LogP contribution in [0.1, 0.15) is 77.6 Å². The molecule has 3 rings (SSSR count). The first-order chi connectivity index (χ1) is 15.8. The van der Waals surface area contributed by atoms with E-state index >= 15 is 0 Å². The van der Waals surface area contributed by atoms with Crippen molar-refractivity contribution < 1.29 is 24.3 Å². The van der Waals surface area contributed by atoms with Crippen molar-refractivity contribution in [2.45, 2.75) is 83.2 Å². The molecule has 3 aliphatic rings. The lowest BCUT2D eigenvalue weighted by Gasteiger charge is -2.35. The molecule has 4 N–H and O–H groups in total. The molecule has 9 nitrogen and oxygen atoms in total. The number of amides is 3. The average Bonchev–Trinajstić information content (AvgIpc) is 2.83. The second-order valence-electron chi connectivity index (χ2n) is 10.2. The van der Waals surface area contributed by atoms with E-state index in [2.05, 4.69) is 16.0 Å². The number of likely N-dealkylation sites (tertiary alicyclic amines) is 1. The second-order valence-corrected chi connectivity index (χ2v) is 10.2. The van der Waals surface area contributed by atoms with Gasteiger partial charge in [-0.1, -0.05) is 19.3 Å². The number of carboxylic acids is 1. The van der Waals surface area contributed by atoms with Crippen LogP contribution in [0.4, 0.5) is 0 Å². The number of carboxylic acid groups (broad SMARTS) is 1. The highest BCUT2D eigenvalue weighted by molar-refractivity contribution is 5.92. The van der Waals surface area contributed by atoms with Gasteiger partial charge in [0.25, 0.3) is 0 Å². The number of aliphatic carboxylic acids is 1. The summed E-state index contributed by atoms with van der Waals surface area (Å²) in [4.78, 5) is 52.1. The highest BCUT2D eigenvalue weighted by Gasteiger charge is 2.40. The van der Waals surface area contributed by atoms with Crippen LogP contribution in [0.25, 0.3) is 0 Å². The fourth-order valence-electron chi connectivity index (χ4n) is 5.27. The van der Waals surface area contributed by atoms with Crippen LogP contribution >= 0.6 is 0 Å². The molecule has 0 bridgehead atoms. The molecular formula is C24H40N4O5. The van der Waals surface area contributed by atoms with E-state index in [0.29, 0.717) is 38.3 Å². The van der Waals surface area contributed by atoms with Crippen molar-refractivity contribution in [2.24, 2.45) is 17.8 Å². The first-order valence-corrected chi connectivity index (χ1v) is 12.6. The predicted molar refractivity (Wildman–Crippen MR) is 123 cm³/mol. The summed E-state index contributed by atoms with van der Waals surface area (Å²) in [6.07, 6.45) is 9.34. The highest BCUT2D eigenvalue weighted by atomic mass is 16.4. The van der Waals surface area contributed by atoms with Gasteiger partial charge in [-0.15, -0.1) is 0 Å². The van der Waals surface area contributed by atoms with Gasteiger partial charge in [0.15, 0.2) is 0 Å². The van der Waals surface area contributed by atoms with Gasteiger partial charge in [0.2, 0.25) is 23.4 Å². The number of rotatable bonds is 8. The summed E-state index contributed by atoms with van der Waals surface area (Å²) < 4.78 is 0. The van der Waals surface area contributed by atoms with Gasteiger partial charge in [-0.2, -0.15) is 0 Å². The molecular weight excluding hydrogens is 424 g/mol. The number of hydrogen-bond donors (Lipinski definition) is 4. The number of carbonyl (C=O) groups excluding carboxylic acids is 3. The Morgan fingerprint density at radius 1 is 0.909 bits per heavy atom. The molecule has 0 unspecified atom stereocenters. The van der Waals surface area contributed by atoms with Gasteiger partial charge in [0.05, 0.1) is 5.92 Å². The summed E-state index contributed by atoms with van der Waals surface area (Å²) in [6, 6.07) is 0. The van der Waals surface area contributed by atoms with E-state index in [1.807, 2.05) is 0 Å². The lowest BCUT2D eigenvalue weighted by molar-refractivity contribution is -0.152. The van der Waals surface area contributed by atoms with Crippen LogP contribution < -0.4 is 16.0 Å². The van der Waals surface area contributed by atoms with Crippen LogP contribution in [-0.4, -0.2) is 65.5 Å². The van der Waals surface area contributed by atoms with E-state index in [1.165, 1.54) is 6.92 Å². The third-order valence-electron chi connectivity index (χ3n) is 7.52. The van der Waals surface area contributed by atoms with E-state index < -0.39 is 23.5 Å². The van der Waals surface area contributed by atoms with E-state index in [4.69, 9.17) is 0 Å². The molecule has 0 radical (unpaired) electrons. The maximum Gasteiger partial charge on any atom is 0.350 e. The van der Waals surface area contributed by atoms with Crippen molar-refractivity contribution in [3.63, 3.8) is 0 Å². The zero-order valence-electron chi connectivity index (χ0n) is 19.9. The molecule has 1 saturated carbocycles. The lowest BCUT2D eigenvalue weighted by atomic mass is 9.88. The van der Waals surface area contributed by atoms with Crippen LogP contribution in [0.15, 0.2) is 0 Å². The minimum Gasteiger partial charge on any atom is -0.478 e. The standard InChI is InChI=1S/C24H40N4O5/c1-24(23(32)33,26-21(30)18-6-3-2-4-7-18)27-22(31)19-8-5-15-28(16-19)20(29)10-9-17-11-13-25-14-12-17/h17-19,25H,2-16H2,1H3,(H,26,30)(H,27,31)(H,32,33)/t19-,24+/m1/s1. The van der Waals surface area contributed by atoms with Gasteiger partial charge in [0.1, 0.15) is 0 Å². The molecule has 2 aliphatic heterocycles. The number of carbonyl (C=O) groups is 4. The zero-order chi connectivity index (χ0) is 23.8. The van der Waals surface area contributed by atoms with Crippen molar-refractivity contribution in [2.75, 3.05) is 26.2 Å². The smallest absolute Gasteiger partial charge is 0.350 e. The summed E-state index contributed by atoms with van der Waals surface area (Å²) in [5.41, 5.74) is -1.87. The Kier molecular flexibility index (Phi) is 9.11. The number of piperidine rings is 2. The quantitative estimate of drug-likeness (QED) is 0.404. The van der Waals surface area contributed by atoms with Crippen LogP contribution in [-0.2, 0) is 19.2 Å². The van der Waals surface area contributed by atoms with Crippen molar-refractivity contribution in [3.8, 4) is 0 Å². The molecule has 0 aromatic rings. The third-order valence-corrected chi connectivity index (χ3v) is 7.52. The van der Waals surface area contributed by atoms with Gasteiger partial charge in [-0.25, -0.2) is 4.79 Å². The Morgan fingerprint density at radius 2 is 1.52 bits per heavy atom. The summed E-state index contributed by atoms with van der Waals surface area (Å²) in [7, 11) is 0. The van der Waals surface area contributed by atoms with E-state index in [0.717, 1.165) is 64.5 Å². The van der Waals surface area contributed by atoms with Crippen LogP contribution in [0.5, 0.6) is 0 Å². The van der Waals surface area contributed by atoms with Gasteiger partial charge >= 0.3 is 5.97 Å². The minimum absolute atomic E-state index is 0.0673. The normalized spacial score (nSPS) is 24.5. The zero-order valence-corrected chi connectivity index (χ0v) is 19.9. The van der Waals surface area contributed by atoms with Crippen molar-refractivity contribution in [3.05, 3.63) is 0 Å². The summed E-state index contributed by atoms with van der Waals surface area (Å²) in [5.74, 6) is -2.10. The fourth-order valence-corrected chi connectivity index (χ4v) is 5.27. The van der Waals surface area contributed by atoms with Crippen molar-refractivity contribution in [1.82, 2.24) is 20.9 Å². The second kappa shape index (κ2) is 11.8. The van der Waals surface area contributed by atoms with Gasteiger partial charge in [0, 0.05) is 25.4 Å². The first kappa shape index (κ1) is 25.5. The third kappa shape index (κ3) is 7.16. The molecule has 0 aromatic carbocycles. The predicted octanol–water partition coefficient (Wildman–Crippen LogP) is 1.62. The average molecular weight is 465 g/mol. The molecule has 1 aliphatic carbocycles. The molecule has 3 fully saturated rings.